The molecule has 2 aromatic rings. The van der Waals surface area contributed by atoms with Crippen molar-refractivity contribution in [3.05, 3.63) is 34.4 Å². The number of hydrogen-bond acceptors (Lipinski definition) is 5. The van der Waals surface area contributed by atoms with Crippen LogP contribution in [0.2, 0.25) is 0 Å². The Hall–Kier alpha value is -2.32. The number of thiocarbonyl (C=S) groups is 1. The minimum Gasteiger partial charge on any atom is -0.497 e. The second kappa shape index (κ2) is 7.60. The molecule has 1 aromatic carbocycles. The molecular formula is C20H22N2O4S2. The molecule has 2 heterocycles. The number of thioether (sulfide) groups is 1. The van der Waals surface area contributed by atoms with Gasteiger partial charge in [0.05, 0.1) is 12.0 Å². The van der Waals surface area contributed by atoms with Crippen molar-refractivity contribution in [1.82, 2.24) is 9.47 Å². The average molecular weight is 419 g/mol. The van der Waals surface area contributed by atoms with Crippen molar-refractivity contribution in [3.8, 4) is 5.75 Å². The molecule has 148 valence electrons. The maximum absolute atomic E-state index is 13.0. The summed E-state index contributed by atoms with van der Waals surface area (Å²) in [6.45, 7) is 5.51. The predicted octanol–water partition coefficient (Wildman–Crippen LogP) is 3.81. The molecule has 1 atom stereocenters. The van der Waals surface area contributed by atoms with Crippen molar-refractivity contribution < 1.29 is 19.4 Å². The normalized spacial score (nSPS) is 17.2. The fourth-order valence-electron chi connectivity index (χ4n) is 3.43. The first-order chi connectivity index (χ1) is 13.2. The van der Waals surface area contributed by atoms with Crippen LogP contribution in [-0.2, 0) is 16.6 Å². The molecular weight excluding hydrogens is 396 g/mol. The number of nitrogens with zero attached hydrogens (tertiary/aromatic N) is 2. The van der Waals surface area contributed by atoms with Crippen molar-refractivity contribution in [2.45, 2.75) is 26.8 Å². The van der Waals surface area contributed by atoms with Gasteiger partial charge >= 0.3 is 5.97 Å². The lowest BCUT2D eigenvalue weighted by atomic mass is 10.0. The molecule has 0 radical (unpaired) electrons. The smallest absolute Gasteiger partial charge is 0.327 e. The summed E-state index contributed by atoms with van der Waals surface area (Å²) in [5, 5.41) is 10.5. The zero-order chi connectivity index (χ0) is 20.7. The molecule has 1 amide bonds. The Morgan fingerprint density at radius 3 is 2.61 bits per heavy atom. The highest BCUT2D eigenvalue weighted by atomic mass is 32.2. The number of carbonyl (C=O) groups excluding carboxylic acids is 1. The van der Waals surface area contributed by atoms with Crippen molar-refractivity contribution in [2.75, 3.05) is 7.11 Å². The van der Waals surface area contributed by atoms with Crippen molar-refractivity contribution in [3.63, 3.8) is 0 Å². The largest absolute Gasteiger partial charge is 0.497 e. The topological polar surface area (TPSA) is 71.8 Å². The van der Waals surface area contributed by atoms with E-state index in [0.717, 1.165) is 39.7 Å². The number of carbonyl (C=O) groups is 2. The van der Waals surface area contributed by atoms with E-state index in [2.05, 4.69) is 4.57 Å². The number of fused-ring (bicyclic) bond motifs is 1. The van der Waals surface area contributed by atoms with Gasteiger partial charge in [0, 0.05) is 29.2 Å². The van der Waals surface area contributed by atoms with Crippen LogP contribution in [0.15, 0.2) is 23.1 Å². The van der Waals surface area contributed by atoms with Crippen LogP contribution in [0.25, 0.3) is 17.0 Å². The van der Waals surface area contributed by atoms with Gasteiger partial charge in [0.1, 0.15) is 16.1 Å². The number of rotatable bonds is 5. The number of aromatic nitrogens is 1. The summed E-state index contributed by atoms with van der Waals surface area (Å²) in [6, 6.07) is 4.82. The molecule has 1 aromatic heterocycles. The van der Waals surface area contributed by atoms with Gasteiger partial charge in [-0.15, -0.1) is 0 Å². The maximum Gasteiger partial charge on any atom is 0.327 e. The van der Waals surface area contributed by atoms with Gasteiger partial charge in [-0.2, -0.15) is 0 Å². The van der Waals surface area contributed by atoms with E-state index in [1.807, 2.05) is 32.2 Å². The van der Waals surface area contributed by atoms with Crippen molar-refractivity contribution >= 4 is 57.2 Å². The number of amides is 1. The van der Waals surface area contributed by atoms with Crippen LogP contribution >= 0.6 is 24.0 Å². The molecule has 1 unspecified atom stereocenters. The molecule has 0 saturated carbocycles. The zero-order valence-electron chi connectivity index (χ0n) is 16.3. The second-order valence-electron chi connectivity index (χ2n) is 7.02. The Morgan fingerprint density at radius 1 is 1.36 bits per heavy atom. The summed E-state index contributed by atoms with van der Waals surface area (Å²) in [7, 11) is 3.58. The van der Waals surface area contributed by atoms with Crippen LogP contribution < -0.4 is 4.74 Å². The number of carboxylic acids is 1. The highest BCUT2D eigenvalue weighted by Crippen LogP contribution is 2.38. The van der Waals surface area contributed by atoms with Gasteiger partial charge in [0.15, 0.2) is 0 Å². The first kappa shape index (κ1) is 20.4. The van der Waals surface area contributed by atoms with Crippen molar-refractivity contribution in [1.29, 1.82) is 0 Å². The molecule has 1 aliphatic rings. The van der Waals surface area contributed by atoms with E-state index >= 15 is 0 Å². The Morgan fingerprint density at radius 2 is 2.04 bits per heavy atom. The van der Waals surface area contributed by atoms with E-state index in [1.165, 1.54) is 4.90 Å². The molecule has 0 spiro atoms. The minimum absolute atomic E-state index is 0.261. The summed E-state index contributed by atoms with van der Waals surface area (Å²) >= 11 is 6.48. The first-order valence-electron chi connectivity index (χ1n) is 8.80. The van der Waals surface area contributed by atoms with Crippen molar-refractivity contribution in [2.24, 2.45) is 13.0 Å². The maximum atomic E-state index is 13.0. The molecule has 0 aliphatic carbocycles. The molecule has 1 N–H and O–H groups in total. The van der Waals surface area contributed by atoms with Crippen LogP contribution in [0.1, 0.15) is 25.1 Å². The lowest BCUT2D eigenvalue weighted by molar-refractivity contribution is -0.146. The number of hydrogen-bond donors (Lipinski definition) is 1. The SMILES string of the molecule is COc1ccc2c(c1)c(/C=C1\SC(=S)N(C(C(=O)O)C(C)C)C1=O)c(C)n2C. The van der Waals surface area contributed by atoms with Crippen LogP contribution in [-0.4, -0.2) is 43.9 Å². The minimum atomic E-state index is -1.06. The monoisotopic (exact) mass is 418 g/mol. The zero-order valence-corrected chi connectivity index (χ0v) is 18.0. The molecule has 6 nitrogen and oxygen atoms in total. The lowest BCUT2D eigenvalue weighted by Gasteiger charge is -2.26. The molecule has 28 heavy (non-hydrogen) atoms. The molecule has 8 heteroatoms. The van der Waals surface area contributed by atoms with Gasteiger partial charge in [0.2, 0.25) is 0 Å². The van der Waals surface area contributed by atoms with Crippen LogP contribution in [0.3, 0.4) is 0 Å². The highest BCUT2D eigenvalue weighted by Gasteiger charge is 2.42. The van der Waals surface area contributed by atoms with E-state index in [-0.39, 0.29) is 16.1 Å². The summed E-state index contributed by atoms with van der Waals surface area (Å²) < 4.78 is 7.66. The predicted molar refractivity (Wildman–Crippen MR) is 115 cm³/mol. The summed E-state index contributed by atoms with van der Waals surface area (Å²) in [4.78, 5) is 26.3. The third-order valence-electron chi connectivity index (χ3n) is 5.01. The number of aryl methyl sites for hydroxylation is 1. The van der Waals surface area contributed by atoms with Crippen LogP contribution in [0, 0.1) is 12.8 Å². The standard InChI is InChI=1S/C20H22N2O4S2/c1-10(2)17(19(24)25)22-18(23)16(28-20(22)27)9-13-11(3)21(4)15-7-6-12(26-5)8-14(13)15/h6-10,17H,1-5H3,(H,24,25)/b16-9-. The Labute approximate surface area is 173 Å². The Balaban J connectivity index is 2.10. The number of carboxylic acid groups (broad SMARTS) is 1. The van der Waals surface area contributed by atoms with Gasteiger partial charge in [-0.25, -0.2) is 4.79 Å². The van der Waals surface area contributed by atoms with Crippen LogP contribution in [0.4, 0.5) is 0 Å². The molecule has 3 rings (SSSR count). The van der Waals surface area contributed by atoms with E-state index < -0.39 is 12.0 Å². The fourth-order valence-corrected chi connectivity index (χ4v) is 4.74. The Bertz CT molecular complexity index is 1020. The highest BCUT2D eigenvalue weighted by molar-refractivity contribution is 8.26. The second-order valence-corrected chi connectivity index (χ2v) is 8.70. The van der Waals surface area contributed by atoms with Gasteiger partial charge in [-0.1, -0.05) is 37.8 Å². The summed E-state index contributed by atoms with van der Waals surface area (Å²) in [5.41, 5.74) is 2.91. The third kappa shape index (κ3) is 3.31. The third-order valence-corrected chi connectivity index (χ3v) is 6.34. The van der Waals surface area contributed by atoms with E-state index in [1.54, 1.807) is 27.0 Å². The summed E-state index contributed by atoms with van der Waals surface area (Å²) in [5.74, 6) is -0.956. The lowest BCUT2D eigenvalue weighted by Crippen LogP contribution is -2.47. The number of aliphatic carboxylic acids is 1. The van der Waals surface area contributed by atoms with E-state index in [0.29, 0.717) is 4.91 Å². The summed E-state index contributed by atoms with van der Waals surface area (Å²) in [6.07, 6.45) is 1.80. The number of ether oxygens (including phenoxy) is 1. The van der Waals surface area contributed by atoms with Gasteiger partial charge in [-0.3, -0.25) is 9.69 Å². The van der Waals surface area contributed by atoms with Gasteiger partial charge in [-0.05, 0) is 37.1 Å². The number of benzene rings is 1. The first-order valence-corrected chi connectivity index (χ1v) is 10.0. The van der Waals surface area contributed by atoms with E-state index in [9.17, 15) is 14.7 Å². The fraction of sp³-hybridized carbons (Fsp3) is 0.350. The van der Waals surface area contributed by atoms with E-state index in [4.69, 9.17) is 17.0 Å². The Kier molecular flexibility index (Phi) is 5.54. The van der Waals surface area contributed by atoms with Gasteiger partial charge in [0.25, 0.3) is 5.91 Å². The molecule has 1 aliphatic heterocycles. The van der Waals surface area contributed by atoms with Crippen LogP contribution in [0.5, 0.6) is 5.75 Å². The average Bonchev–Trinajstić information content (AvgIpc) is 3.04. The molecule has 1 fully saturated rings. The van der Waals surface area contributed by atoms with Gasteiger partial charge < -0.3 is 14.4 Å². The molecule has 0 bridgehead atoms. The quantitative estimate of drug-likeness (QED) is 0.588. The molecule has 1 saturated heterocycles. The number of methoxy groups -OCH3 is 1.